The van der Waals surface area contributed by atoms with Gasteiger partial charge in [0.05, 0.1) is 12.8 Å². The number of nitrogens with one attached hydrogen (secondary N) is 1. The lowest BCUT2D eigenvalue weighted by Crippen LogP contribution is -2.50. The molecule has 1 aromatic rings. The Bertz CT molecular complexity index is 446. The zero-order chi connectivity index (χ0) is 14.6. The Morgan fingerprint density at radius 1 is 1.35 bits per heavy atom. The molecular formula is C16H25ClN2O. The normalized spacial score (nSPS) is 18.7. The maximum absolute atomic E-state index is 6.17. The number of rotatable bonds is 4. The number of halogens is 1. The van der Waals surface area contributed by atoms with Crippen LogP contribution in [0, 0.1) is 0 Å². The van der Waals surface area contributed by atoms with E-state index in [9.17, 15) is 0 Å². The van der Waals surface area contributed by atoms with E-state index >= 15 is 0 Å². The molecule has 1 aliphatic rings. The monoisotopic (exact) mass is 296 g/mol. The first kappa shape index (κ1) is 15.5. The van der Waals surface area contributed by atoms with Gasteiger partial charge in [0, 0.05) is 23.7 Å². The molecule has 1 aromatic carbocycles. The first-order chi connectivity index (χ1) is 9.64. The predicted octanol–water partition coefficient (Wildman–Crippen LogP) is 3.71. The van der Waals surface area contributed by atoms with Crippen LogP contribution < -0.4 is 15.0 Å². The number of anilines is 1. The van der Waals surface area contributed by atoms with Gasteiger partial charge in [-0.15, -0.1) is 0 Å². The van der Waals surface area contributed by atoms with Gasteiger partial charge in [0.25, 0.3) is 0 Å². The van der Waals surface area contributed by atoms with Gasteiger partial charge in [-0.1, -0.05) is 25.4 Å². The van der Waals surface area contributed by atoms with Crippen molar-refractivity contribution in [1.29, 1.82) is 0 Å². The molecule has 1 aliphatic heterocycles. The molecule has 1 N–H and O–H groups in total. The molecule has 1 fully saturated rings. The Labute approximate surface area is 127 Å². The summed E-state index contributed by atoms with van der Waals surface area (Å²) < 4.78 is 5.51. The fraction of sp³-hybridized carbons (Fsp3) is 0.625. The highest BCUT2D eigenvalue weighted by molar-refractivity contribution is 6.30. The Morgan fingerprint density at radius 2 is 2.10 bits per heavy atom. The van der Waals surface area contributed by atoms with Gasteiger partial charge in [-0.2, -0.15) is 0 Å². The Hall–Kier alpha value is -0.930. The third kappa shape index (κ3) is 3.21. The number of methoxy groups -OCH3 is 1. The molecule has 1 saturated heterocycles. The van der Waals surface area contributed by atoms with E-state index in [-0.39, 0.29) is 5.54 Å². The first-order valence-corrected chi connectivity index (χ1v) is 7.85. The summed E-state index contributed by atoms with van der Waals surface area (Å²) in [6.07, 6.45) is 3.39. The lowest BCUT2D eigenvalue weighted by Gasteiger charge is -2.36. The Balaban J connectivity index is 2.32. The SMILES string of the molecule is CCC1(CC)CN(c2cc(Cl)ccc2OC)CCCN1. The van der Waals surface area contributed by atoms with Crippen molar-refractivity contribution < 1.29 is 4.74 Å². The number of hydrogen-bond donors (Lipinski definition) is 1. The van der Waals surface area contributed by atoms with Gasteiger partial charge in [-0.25, -0.2) is 0 Å². The summed E-state index contributed by atoms with van der Waals surface area (Å²) in [6.45, 7) is 7.62. The topological polar surface area (TPSA) is 24.5 Å². The summed E-state index contributed by atoms with van der Waals surface area (Å²) in [7, 11) is 1.72. The number of ether oxygens (including phenoxy) is 1. The van der Waals surface area contributed by atoms with E-state index in [4.69, 9.17) is 16.3 Å². The maximum atomic E-state index is 6.17. The predicted molar refractivity (Wildman–Crippen MR) is 86.1 cm³/mol. The molecule has 1 heterocycles. The van der Waals surface area contributed by atoms with E-state index in [0.717, 1.165) is 55.4 Å². The zero-order valence-corrected chi connectivity index (χ0v) is 13.5. The van der Waals surface area contributed by atoms with Crippen molar-refractivity contribution in [2.75, 3.05) is 31.6 Å². The lowest BCUT2D eigenvalue weighted by molar-refractivity contribution is 0.321. The van der Waals surface area contributed by atoms with E-state index in [1.807, 2.05) is 18.2 Å². The average Bonchev–Trinajstić information content (AvgIpc) is 2.70. The summed E-state index contributed by atoms with van der Waals surface area (Å²) in [5, 5.41) is 4.49. The molecule has 0 aromatic heterocycles. The van der Waals surface area contributed by atoms with Crippen molar-refractivity contribution in [3.8, 4) is 5.75 Å². The Morgan fingerprint density at radius 3 is 2.75 bits per heavy atom. The third-order valence-corrected chi connectivity index (χ3v) is 4.67. The number of benzene rings is 1. The number of nitrogens with zero attached hydrogens (tertiary/aromatic N) is 1. The highest BCUT2D eigenvalue weighted by Crippen LogP contribution is 2.34. The van der Waals surface area contributed by atoms with E-state index < -0.39 is 0 Å². The standard InChI is InChI=1S/C16H25ClN2O/c1-4-16(5-2)12-19(10-6-9-18-16)14-11-13(17)7-8-15(14)20-3/h7-8,11,18H,4-6,9-10,12H2,1-3H3. The quantitative estimate of drug-likeness (QED) is 0.917. The summed E-state index contributed by atoms with van der Waals surface area (Å²) in [5.41, 5.74) is 1.29. The van der Waals surface area contributed by atoms with E-state index in [1.165, 1.54) is 0 Å². The van der Waals surface area contributed by atoms with Gasteiger partial charge < -0.3 is 15.0 Å². The molecule has 0 unspecified atom stereocenters. The summed E-state index contributed by atoms with van der Waals surface area (Å²) in [4.78, 5) is 2.41. The van der Waals surface area contributed by atoms with Crippen molar-refractivity contribution in [3.05, 3.63) is 23.2 Å². The van der Waals surface area contributed by atoms with Crippen LogP contribution >= 0.6 is 11.6 Å². The number of hydrogen-bond acceptors (Lipinski definition) is 3. The van der Waals surface area contributed by atoms with Crippen LogP contribution in [0.25, 0.3) is 0 Å². The third-order valence-electron chi connectivity index (χ3n) is 4.43. The molecule has 0 bridgehead atoms. The van der Waals surface area contributed by atoms with Crippen molar-refractivity contribution >= 4 is 17.3 Å². The minimum Gasteiger partial charge on any atom is -0.495 e. The molecule has 0 spiro atoms. The molecule has 0 amide bonds. The second kappa shape index (κ2) is 6.68. The molecule has 0 saturated carbocycles. The molecule has 3 nitrogen and oxygen atoms in total. The fourth-order valence-electron chi connectivity index (χ4n) is 2.96. The summed E-state index contributed by atoms with van der Waals surface area (Å²) >= 11 is 6.17. The lowest BCUT2D eigenvalue weighted by atomic mass is 9.92. The molecule has 0 radical (unpaired) electrons. The minimum absolute atomic E-state index is 0.184. The van der Waals surface area contributed by atoms with Crippen molar-refractivity contribution in [2.45, 2.75) is 38.6 Å². The van der Waals surface area contributed by atoms with Crippen LogP contribution in [0.4, 0.5) is 5.69 Å². The van der Waals surface area contributed by atoms with Crippen LogP contribution in [-0.4, -0.2) is 32.3 Å². The largest absolute Gasteiger partial charge is 0.495 e. The molecular weight excluding hydrogens is 272 g/mol. The average molecular weight is 297 g/mol. The van der Waals surface area contributed by atoms with Crippen LogP contribution in [0.1, 0.15) is 33.1 Å². The highest BCUT2D eigenvalue weighted by atomic mass is 35.5. The maximum Gasteiger partial charge on any atom is 0.142 e. The van der Waals surface area contributed by atoms with E-state index in [2.05, 4.69) is 24.1 Å². The smallest absolute Gasteiger partial charge is 0.142 e. The van der Waals surface area contributed by atoms with Crippen molar-refractivity contribution in [1.82, 2.24) is 5.32 Å². The molecule has 112 valence electrons. The van der Waals surface area contributed by atoms with Gasteiger partial charge in [-0.05, 0) is 44.0 Å². The van der Waals surface area contributed by atoms with Crippen LogP contribution in [0.3, 0.4) is 0 Å². The van der Waals surface area contributed by atoms with Crippen LogP contribution in [0.5, 0.6) is 5.75 Å². The summed E-state index contributed by atoms with van der Waals surface area (Å²) in [5.74, 6) is 0.900. The van der Waals surface area contributed by atoms with Gasteiger partial charge in [-0.3, -0.25) is 0 Å². The zero-order valence-electron chi connectivity index (χ0n) is 12.7. The van der Waals surface area contributed by atoms with E-state index in [1.54, 1.807) is 7.11 Å². The molecule has 4 heteroatoms. The first-order valence-electron chi connectivity index (χ1n) is 7.47. The summed E-state index contributed by atoms with van der Waals surface area (Å²) in [6, 6.07) is 5.85. The second-order valence-corrected chi connectivity index (χ2v) is 5.94. The van der Waals surface area contributed by atoms with Gasteiger partial charge in [0.1, 0.15) is 5.75 Å². The van der Waals surface area contributed by atoms with E-state index in [0.29, 0.717) is 0 Å². The van der Waals surface area contributed by atoms with Crippen LogP contribution in [0.15, 0.2) is 18.2 Å². The second-order valence-electron chi connectivity index (χ2n) is 5.51. The van der Waals surface area contributed by atoms with Gasteiger partial charge in [0.15, 0.2) is 0 Å². The minimum atomic E-state index is 0.184. The molecule has 0 aliphatic carbocycles. The Kier molecular flexibility index (Phi) is 5.17. The van der Waals surface area contributed by atoms with Crippen molar-refractivity contribution in [3.63, 3.8) is 0 Å². The van der Waals surface area contributed by atoms with Gasteiger partial charge in [0.2, 0.25) is 0 Å². The van der Waals surface area contributed by atoms with Crippen molar-refractivity contribution in [2.24, 2.45) is 0 Å². The molecule has 20 heavy (non-hydrogen) atoms. The fourth-order valence-corrected chi connectivity index (χ4v) is 3.13. The van der Waals surface area contributed by atoms with Crippen LogP contribution in [-0.2, 0) is 0 Å². The van der Waals surface area contributed by atoms with Crippen LogP contribution in [0.2, 0.25) is 5.02 Å². The molecule has 0 atom stereocenters. The highest BCUT2D eigenvalue weighted by Gasteiger charge is 2.31. The molecule has 2 rings (SSSR count). The van der Waals surface area contributed by atoms with Gasteiger partial charge >= 0.3 is 0 Å².